The number of ether oxygens (including phenoxy) is 1. The zero-order valence-electron chi connectivity index (χ0n) is 7.53. The highest BCUT2D eigenvalue weighted by molar-refractivity contribution is 5.93. The summed E-state index contributed by atoms with van der Waals surface area (Å²) in [6.45, 7) is 0. The second-order valence-corrected chi connectivity index (χ2v) is 2.36. The molecule has 0 bridgehead atoms. The molecule has 70 valence electrons. The fourth-order valence-corrected chi connectivity index (χ4v) is 0.894. The van der Waals surface area contributed by atoms with Gasteiger partial charge < -0.3 is 4.74 Å². The summed E-state index contributed by atoms with van der Waals surface area (Å²) in [4.78, 5) is 15.7. The van der Waals surface area contributed by atoms with Crippen molar-refractivity contribution >= 4 is 5.91 Å². The standard InChI is InChI=1S/C9H11NO3/c1-12-8-5-3-7(4-6-8)9(11)10-13-2/h3-6H,1-2H3,(H,10,11). The minimum absolute atomic E-state index is 0.273. The third-order valence-corrected chi connectivity index (χ3v) is 1.55. The van der Waals surface area contributed by atoms with E-state index < -0.39 is 0 Å². The normalized spacial score (nSPS) is 9.38. The Balaban J connectivity index is 2.74. The maximum absolute atomic E-state index is 11.2. The van der Waals surface area contributed by atoms with E-state index in [1.807, 2.05) is 0 Å². The molecule has 1 aromatic rings. The number of carbonyl (C=O) groups excluding carboxylic acids is 1. The molecule has 1 aromatic carbocycles. The highest BCUT2D eigenvalue weighted by Crippen LogP contribution is 2.10. The smallest absolute Gasteiger partial charge is 0.274 e. The van der Waals surface area contributed by atoms with Crippen LogP contribution in [0.5, 0.6) is 5.75 Å². The van der Waals surface area contributed by atoms with E-state index >= 15 is 0 Å². The van der Waals surface area contributed by atoms with Crippen molar-refractivity contribution < 1.29 is 14.4 Å². The molecule has 0 aromatic heterocycles. The average molecular weight is 181 g/mol. The van der Waals surface area contributed by atoms with E-state index in [9.17, 15) is 4.79 Å². The molecule has 0 heterocycles. The molecule has 0 saturated heterocycles. The number of hydroxylamine groups is 1. The summed E-state index contributed by atoms with van der Waals surface area (Å²) in [6.07, 6.45) is 0. The first kappa shape index (κ1) is 9.54. The quantitative estimate of drug-likeness (QED) is 0.707. The maximum Gasteiger partial charge on any atom is 0.274 e. The third kappa shape index (κ3) is 2.45. The Bertz CT molecular complexity index is 281. The molecule has 0 spiro atoms. The lowest BCUT2D eigenvalue weighted by Gasteiger charge is -2.02. The second kappa shape index (κ2) is 4.47. The first-order valence-electron chi connectivity index (χ1n) is 3.75. The summed E-state index contributed by atoms with van der Waals surface area (Å²) in [5.41, 5.74) is 2.75. The fourth-order valence-electron chi connectivity index (χ4n) is 0.894. The highest BCUT2D eigenvalue weighted by atomic mass is 16.6. The van der Waals surface area contributed by atoms with Crippen LogP contribution in [0.4, 0.5) is 0 Å². The predicted molar refractivity (Wildman–Crippen MR) is 47.5 cm³/mol. The number of hydrogen-bond acceptors (Lipinski definition) is 3. The molecule has 0 unspecified atom stereocenters. The zero-order valence-corrected chi connectivity index (χ0v) is 7.53. The van der Waals surface area contributed by atoms with Crippen LogP contribution in [0.1, 0.15) is 10.4 Å². The highest BCUT2D eigenvalue weighted by Gasteiger charge is 2.03. The Labute approximate surface area is 76.4 Å². The molecule has 0 aliphatic heterocycles. The molecule has 0 aliphatic rings. The van der Waals surface area contributed by atoms with E-state index in [2.05, 4.69) is 10.3 Å². The van der Waals surface area contributed by atoms with Crippen molar-refractivity contribution in [2.45, 2.75) is 0 Å². The van der Waals surface area contributed by atoms with Gasteiger partial charge in [-0.25, -0.2) is 5.48 Å². The summed E-state index contributed by atoms with van der Waals surface area (Å²) in [6, 6.07) is 6.75. The topological polar surface area (TPSA) is 47.6 Å². The van der Waals surface area contributed by atoms with Crippen LogP contribution in [0.3, 0.4) is 0 Å². The molecule has 0 aliphatic carbocycles. The van der Waals surface area contributed by atoms with Crippen LogP contribution in [-0.2, 0) is 4.84 Å². The Morgan fingerprint density at radius 1 is 1.23 bits per heavy atom. The third-order valence-electron chi connectivity index (χ3n) is 1.55. The van der Waals surface area contributed by atoms with Crippen LogP contribution in [-0.4, -0.2) is 20.1 Å². The van der Waals surface area contributed by atoms with Gasteiger partial charge in [-0.05, 0) is 24.3 Å². The fraction of sp³-hybridized carbons (Fsp3) is 0.222. The molecule has 1 amide bonds. The van der Waals surface area contributed by atoms with Crippen LogP contribution in [0.2, 0.25) is 0 Å². The van der Waals surface area contributed by atoms with Crippen LogP contribution in [0, 0.1) is 0 Å². The van der Waals surface area contributed by atoms with Crippen molar-refractivity contribution in [2.24, 2.45) is 0 Å². The molecule has 1 N–H and O–H groups in total. The molecule has 0 saturated carbocycles. The number of methoxy groups -OCH3 is 1. The molecule has 13 heavy (non-hydrogen) atoms. The molecular formula is C9H11NO3. The van der Waals surface area contributed by atoms with E-state index in [0.717, 1.165) is 0 Å². The van der Waals surface area contributed by atoms with Gasteiger partial charge >= 0.3 is 0 Å². The van der Waals surface area contributed by atoms with Crippen LogP contribution in [0.15, 0.2) is 24.3 Å². The van der Waals surface area contributed by atoms with E-state index in [1.54, 1.807) is 31.4 Å². The molecular weight excluding hydrogens is 170 g/mol. The molecule has 0 atom stereocenters. The number of benzene rings is 1. The van der Waals surface area contributed by atoms with Crippen molar-refractivity contribution in [3.63, 3.8) is 0 Å². The monoisotopic (exact) mass is 181 g/mol. The van der Waals surface area contributed by atoms with E-state index in [0.29, 0.717) is 11.3 Å². The summed E-state index contributed by atoms with van der Waals surface area (Å²) >= 11 is 0. The van der Waals surface area contributed by atoms with Gasteiger partial charge in [0.05, 0.1) is 14.2 Å². The molecule has 4 heteroatoms. The Morgan fingerprint density at radius 2 is 1.85 bits per heavy atom. The predicted octanol–water partition coefficient (Wildman–Crippen LogP) is 0.986. The molecule has 0 fully saturated rings. The van der Waals surface area contributed by atoms with Gasteiger partial charge in [0.25, 0.3) is 5.91 Å². The lowest BCUT2D eigenvalue weighted by Crippen LogP contribution is -2.21. The Hall–Kier alpha value is -1.55. The van der Waals surface area contributed by atoms with Crippen LogP contribution in [0.25, 0.3) is 0 Å². The SMILES string of the molecule is CONC(=O)c1ccc(OC)cc1. The van der Waals surface area contributed by atoms with Gasteiger partial charge in [0, 0.05) is 5.56 Å². The summed E-state index contributed by atoms with van der Waals surface area (Å²) in [5, 5.41) is 0. The number of carbonyl (C=O) groups is 1. The number of rotatable bonds is 3. The zero-order chi connectivity index (χ0) is 9.68. The van der Waals surface area contributed by atoms with E-state index in [1.165, 1.54) is 7.11 Å². The first-order chi connectivity index (χ1) is 6.27. The van der Waals surface area contributed by atoms with Gasteiger partial charge in [-0.1, -0.05) is 0 Å². The molecule has 1 rings (SSSR count). The minimum atomic E-state index is -0.273. The van der Waals surface area contributed by atoms with Crippen molar-refractivity contribution in [1.82, 2.24) is 5.48 Å². The number of hydrogen-bond donors (Lipinski definition) is 1. The minimum Gasteiger partial charge on any atom is -0.497 e. The summed E-state index contributed by atoms with van der Waals surface area (Å²) < 4.78 is 4.95. The summed E-state index contributed by atoms with van der Waals surface area (Å²) in [7, 11) is 2.96. The van der Waals surface area contributed by atoms with Crippen LogP contribution >= 0.6 is 0 Å². The van der Waals surface area contributed by atoms with Crippen molar-refractivity contribution in [1.29, 1.82) is 0 Å². The Kier molecular flexibility index (Phi) is 3.28. The van der Waals surface area contributed by atoms with Gasteiger partial charge in [-0.2, -0.15) is 0 Å². The van der Waals surface area contributed by atoms with Crippen molar-refractivity contribution in [3.8, 4) is 5.75 Å². The van der Waals surface area contributed by atoms with Gasteiger partial charge in [0.15, 0.2) is 0 Å². The molecule has 0 radical (unpaired) electrons. The van der Waals surface area contributed by atoms with Crippen molar-refractivity contribution in [3.05, 3.63) is 29.8 Å². The van der Waals surface area contributed by atoms with E-state index in [-0.39, 0.29) is 5.91 Å². The van der Waals surface area contributed by atoms with E-state index in [4.69, 9.17) is 4.74 Å². The lowest BCUT2D eigenvalue weighted by molar-refractivity contribution is 0.0537. The Morgan fingerprint density at radius 3 is 2.31 bits per heavy atom. The second-order valence-electron chi connectivity index (χ2n) is 2.36. The van der Waals surface area contributed by atoms with Crippen molar-refractivity contribution in [2.75, 3.05) is 14.2 Å². The first-order valence-corrected chi connectivity index (χ1v) is 3.75. The lowest BCUT2D eigenvalue weighted by atomic mass is 10.2. The van der Waals surface area contributed by atoms with Crippen LogP contribution < -0.4 is 10.2 Å². The molecule has 4 nitrogen and oxygen atoms in total. The maximum atomic E-state index is 11.2. The summed E-state index contributed by atoms with van der Waals surface area (Å²) in [5.74, 6) is 0.444. The van der Waals surface area contributed by atoms with Gasteiger partial charge in [-0.3, -0.25) is 9.63 Å². The van der Waals surface area contributed by atoms with Gasteiger partial charge in [0.1, 0.15) is 5.75 Å². The number of amides is 1. The average Bonchev–Trinajstić information content (AvgIpc) is 2.18. The number of nitrogens with one attached hydrogen (secondary N) is 1. The largest absolute Gasteiger partial charge is 0.497 e. The van der Waals surface area contributed by atoms with Gasteiger partial charge in [0.2, 0.25) is 0 Å². The van der Waals surface area contributed by atoms with Gasteiger partial charge in [-0.15, -0.1) is 0 Å².